The van der Waals surface area contributed by atoms with Gasteiger partial charge in [-0.3, -0.25) is 9.80 Å². The van der Waals surface area contributed by atoms with E-state index < -0.39 is 24.1 Å². The maximum atomic E-state index is 14.6. The third-order valence-corrected chi connectivity index (χ3v) is 8.75. The van der Waals surface area contributed by atoms with Gasteiger partial charge in [0, 0.05) is 12.1 Å². The Labute approximate surface area is 255 Å². The number of fused-ring (bicyclic) bond motifs is 4. The fourth-order valence-electron chi connectivity index (χ4n) is 6.82. The average molecular weight is 589 g/mol. The number of amides is 4. The molecule has 7 rings (SSSR count). The van der Waals surface area contributed by atoms with E-state index in [9.17, 15) is 19.5 Å². The lowest BCUT2D eigenvalue weighted by Crippen LogP contribution is -2.72. The molecule has 44 heavy (non-hydrogen) atoms. The molecule has 0 aliphatic carbocycles. The lowest BCUT2D eigenvalue weighted by molar-refractivity contribution is -0.148. The van der Waals surface area contributed by atoms with E-state index in [1.54, 1.807) is 14.7 Å². The van der Waals surface area contributed by atoms with E-state index in [1.165, 1.54) is 4.90 Å². The maximum absolute atomic E-state index is 14.6. The molecule has 2 bridgehead atoms. The predicted octanol–water partition coefficient (Wildman–Crippen LogP) is 6.79. The number of hydrogen-bond acceptors (Lipinski definition) is 4. The smallest absolute Gasteiger partial charge is 0.330 e. The molecule has 3 heterocycles. The van der Waals surface area contributed by atoms with E-state index in [2.05, 4.69) is 0 Å². The van der Waals surface area contributed by atoms with Crippen molar-refractivity contribution in [3.8, 4) is 5.75 Å². The molecule has 9 heteroatoms. The lowest BCUT2D eigenvalue weighted by atomic mass is 9.86. The zero-order chi connectivity index (χ0) is 30.2. The number of carboxylic acids is 1. The molecule has 222 valence electrons. The second-order valence-corrected chi connectivity index (χ2v) is 11.3. The van der Waals surface area contributed by atoms with E-state index in [4.69, 9.17) is 4.74 Å². The molecule has 0 spiro atoms. The number of nitrogens with zero attached hydrogens (tertiary/aromatic N) is 4. The molecule has 0 saturated carbocycles. The first kappa shape index (κ1) is 27.5. The molecular weight excluding hydrogens is 556 g/mol. The van der Waals surface area contributed by atoms with Gasteiger partial charge in [0.25, 0.3) is 0 Å². The highest BCUT2D eigenvalue weighted by Crippen LogP contribution is 2.42. The van der Waals surface area contributed by atoms with Gasteiger partial charge < -0.3 is 19.6 Å². The number of likely N-dealkylation sites (tertiary alicyclic amines) is 1. The maximum Gasteiger partial charge on any atom is 0.330 e. The van der Waals surface area contributed by atoms with Gasteiger partial charge in [0.05, 0.1) is 34.8 Å². The van der Waals surface area contributed by atoms with Gasteiger partial charge in [0.2, 0.25) is 0 Å². The van der Waals surface area contributed by atoms with Crippen molar-refractivity contribution in [3.63, 3.8) is 0 Å². The Morgan fingerprint density at radius 2 is 1.36 bits per heavy atom. The summed E-state index contributed by atoms with van der Waals surface area (Å²) >= 11 is 0. The molecule has 2 fully saturated rings. The largest absolute Gasteiger partial charge is 0.487 e. The van der Waals surface area contributed by atoms with Gasteiger partial charge in [-0.05, 0) is 61.7 Å². The predicted molar refractivity (Wildman–Crippen MR) is 167 cm³/mol. The number of urea groups is 2. The van der Waals surface area contributed by atoms with Crippen LogP contribution in [0.25, 0.3) is 0 Å². The summed E-state index contributed by atoms with van der Waals surface area (Å²) in [6, 6.07) is 30.5. The molecule has 0 aromatic heterocycles. The minimum atomic E-state index is -1.24. The molecule has 4 amide bonds. The van der Waals surface area contributed by atoms with Crippen molar-refractivity contribution in [2.45, 2.75) is 44.0 Å². The number of carbonyl (C=O) groups excluding carboxylic acids is 2. The van der Waals surface area contributed by atoms with Crippen molar-refractivity contribution >= 4 is 40.8 Å². The Hall–Kier alpha value is -5.31. The normalized spacial score (nSPS) is 20.5. The number of ether oxygens (including phenoxy) is 1. The number of piperazine rings is 1. The number of hydrogen-bond donors (Lipinski definition) is 1. The van der Waals surface area contributed by atoms with Crippen LogP contribution in [0, 0.1) is 0 Å². The summed E-state index contributed by atoms with van der Waals surface area (Å²) in [6.07, 6.45) is 1.90. The number of carboxylic acid groups (broad SMARTS) is 1. The van der Waals surface area contributed by atoms with Crippen molar-refractivity contribution in [1.29, 1.82) is 0 Å². The molecule has 0 unspecified atom stereocenters. The molecule has 1 N–H and O–H groups in total. The van der Waals surface area contributed by atoms with Crippen LogP contribution >= 0.6 is 0 Å². The second-order valence-electron chi connectivity index (χ2n) is 11.3. The highest BCUT2D eigenvalue weighted by atomic mass is 16.5. The number of para-hydroxylation sites is 5. The van der Waals surface area contributed by atoms with E-state index >= 15 is 0 Å². The standard InChI is InChI=1S/C35H32N4O5/c40-33(41)32-30-20-11-17-27(38(30)35(43)37(25-13-3-1-4-14-25)26-15-5-2-6-16-26)22-36(32)34(42)39-28-18-8-7-12-24(28)23-44-31-21-10-9-19-29(31)39/h1-10,12-16,18-19,21,27,30,32H,11,17,20,22-23H2,(H,40,41)/t27-,30+,32-/m0/s1. The molecule has 4 aromatic carbocycles. The molecule has 2 saturated heterocycles. The lowest BCUT2D eigenvalue weighted by Gasteiger charge is -2.54. The molecule has 9 nitrogen and oxygen atoms in total. The highest BCUT2D eigenvalue weighted by molar-refractivity contribution is 6.04. The van der Waals surface area contributed by atoms with Crippen molar-refractivity contribution in [2.24, 2.45) is 0 Å². The zero-order valence-electron chi connectivity index (χ0n) is 24.0. The first-order valence-electron chi connectivity index (χ1n) is 14.9. The summed E-state index contributed by atoms with van der Waals surface area (Å²) in [7, 11) is 0. The number of aliphatic carboxylic acids is 1. The number of rotatable bonds is 3. The highest BCUT2D eigenvalue weighted by Gasteiger charge is 2.53. The molecule has 4 aromatic rings. The minimum Gasteiger partial charge on any atom is -0.487 e. The van der Waals surface area contributed by atoms with Gasteiger partial charge in [-0.2, -0.15) is 0 Å². The topological polar surface area (TPSA) is 93.6 Å². The van der Waals surface area contributed by atoms with E-state index in [0.29, 0.717) is 41.3 Å². The average Bonchev–Trinajstić information content (AvgIpc) is 3.22. The second kappa shape index (κ2) is 11.4. The Bertz CT molecular complexity index is 1610. The van der Waals surface area contributed by atoms with E-state index in [-0.39, 0.29) is 25.2 Å². The Morgan fingerprint density at radius 1 is 0.750 bits per heavy atom. The summed E-state index contributed by atoms with van der Waals surface area (Å²) in [6.45, 7) is 0.374. The molecule has 3 aliphatic heterocycles. The molecule has 3 atom stereocenters. The number of carbonyl (C=O) groups is 3. The third-order valence-electron chi connectivity index (χ3n) is 8.75. The van der Waals surface area contributed by atoms with Crippen LogP contribution in [0.4, 0.5) is 32.3 Å². The number of benzene rings is 4. The summed E-state index contributed by atoms with van der Waals surface area (Å²) < 4.78 is 6.06. The Kier molecular flexibility index (Phi) is 7.13. The van der Waals surface area contributed by atoms with Crippen LogP contribution in [0.2, 0.25) is 0 Å². The first-order valence-corrected chi connectivity index (χ1v) is 14.9. The molecule has 0 radical (unpaired) electrons. The first-order chi connectivity index (χ1) is 21.5. The van der Waals surface area contributed by atoms with E-state index in [1.807, 2.05) is 109 Å². The number of anilines is 4. The third kappa shape index (κ3) is 4.70. The minimum absolute atomic E-state index is 0.0944. The molecule has 3 aliphatic rings. The molecular formula is C35H32N4O5. The van der Waals surface area contributed by atoms with Crippen LogP contribution in [0.15, 0.2) is 109 Å². The van der Waals surface area contributed by atoms with Crippen molar-refractivity contribution < 1.29 is 24.2 Å². The van der Waals surface area contributed by atoms with Crippen LogP contribution < -0.4 is 14.5 Å². The van der Waals surface area contributed by atoms with Gasteiger partial charge >= 0.3 is 18.0 Å². The zero-order valence-corrected chi connectivity index (χ0v) is 24.0. The fourth-order valence-corrected chi connectivity index (χ4v) is 6.82. The Balaban J connectivity index is 1.28. The number of piperidine rings is 1. The van der Waals surface area contributed by atoms with E-state index in [0.717, 1.165) is 12.0 Å². The van der Waals surface area contributed by atoms with Crippen LogP contribution in [0.5, 0.6) is 5.75 Å². The summed E-state index contributed by atoms with van der Waals surface area (Å²) in [5.74, 6) is -0.598. The van der Waals surface area contributed by atoms with Crippen molar-refractivity contribution in [3.05, 3.63) is 115 Å². The Morgan fingerprint density at radius 3 is 2.05 bits per heavy atom. The van der Waals surface area contributed by atoms with Gasteiger partial charge in [-0.1, -0.05) is 66.7 Å². The van der Waals surface area contributed by atoms with Crippen molar-refractivity contribution in [1.82, 2.24) is 9.80 Å². The van der Waals surface area contributed by atoms with Crippen LogP contribution in [0.1, 0.15) is 24.8 Å². The van der Waals surface area contributed by atoms with Gasteiger partial charge in [0.15, 0.2) is 6.04 Å². The summed E-state index contributed by atoms with van der Waals surface area (Å²) in [5, 5.41) is 10.7. The van der Waals surface area contributed by atoms with Gasteiger partial charge in [-0.15, -0.1) is 0 Å². The van der Waals surface area contributed by atoms with Gasteiger partial charge in [0.1, 0.15) is 12.4 Å². The fraction of sp³-hybridized carbons (Fsp3) is 0.229. The quantitative estimate of drug-likeness (QED) is 0.285. The van der Waals surface area contributed by atoms with Crippen molar-refractivity contribution in [2.75, 3.05) is 16.3 Å². The van der Waals surface area contributed by atoms with Crippen LogP contribution in [0.3, 0.4) is 0 Å². The SMILES string of the molecule is O=C(O)[C@@H]1[C@H]2CCC[C@@H](CN1C(=O)N1c3ccccc3COc3ccccc31)N2C(=O)N(c1ccccc1)c1ccccc1. The van der Waals surface area contributed by atoms with Crippen LogP contribution in [-0.2, 0) is 11.4 Å². The summed E-state index contributed by atoms with van der Waals surface area (Å²) in [4.78, 5) is 48.7. The van der Waals surface area contributed by atoms with Gasteiger partial charge in [-0.25, -0.2) is 14.4 Å². The summed E-state index contributed by atoms with van der Waals surface area (Å²) in [5.41, 5.74) is 3.39. The monoisotopic (exact) mass is 588 g/mol. The van der Waals surface area contributed by atoms with Crippen LogP contribution in [-0.4, -0.2) is 57.6 Å².